The van der Waals surface area contributed by atoms with Gasteiger partial charge in [0.15, 0.2) is 0 Å². The third kappa shape index (κ3) is 2.58. The van der Waals surface area contributed by atoms with Crippen molar-refractivity contribution in [2.24, 2.45) is 0 Å². The van der Waals surface area contributed by atoms with Gasteiger partial charge in [-0.25, -0.2) is 9.97 Å². The van der Waals surface area contributed by atoms with Crippen molar-refractivity contribution in [2.45, 2.75) is 19.9 Å². The summed E-state index contributed by atoms with van der Waals surface area (Å²) in [7, 11) is 0. The molecule has 0 unspecified atom stereocenters. The van der Waals surface area contributed by atoms with Gasteiger partial charge in [0.2, 0.25) is 5.28 Å². The lowest BCUT2D eigenvalue weighted by Gasteiger charge is -2.30. The molecule has 4 nitrogen and oxygen atoms in total. The van der Waals surface area contributed by atoms with Crippen LogP contribution in [-0.2, 0) is 13.0 Å². The minimum atomic E-state index is 0.291. The molecule has 0 aromatic carbocycles. The number of pyridine rings is 1. The first kappa shape index (κ1) is 12.8. The average Bonchev–Trinajstić information content (AvgIpc) is 2.40. The van der Waals surface area contributed by atoms with Gasteiger partial charge in [-0.3, -0.25) is 4.98 Å². The summed E-state index contributed by atoms with van der Waals surface area (Å²) in [6, 6.07) is 2.12. The van der Waals surface area contributed by atoms with Gasteiger partial charge in [0.05, 0.1) is 0 Å². The van der Waals surface area contributed by atoms with E-state index in [2.05, 4.69) is 41.8 Å². The minimum absolute atomic E-state index is 0.291. The zero-order chi connectivity index (χ0) is 13.4. The first-order valence-corrected chi connectivity index (χ1v) is 7.18. The number of hydrogen-bond acceptors (Lipinski definition) is 4. The summed E-state index contributed by atoms with van der Waals surface area (Å²) in [5, 5.41) is 0.291. The fourth-order valence-corrected chi connectivity index (χ4v) is 2.82. The van der Waals surface area contributed by atoms with E-state index in [1.165, 1.54) is 5.56 Å². The molecule has 1 aliphatic heterocycles. The van der Waals surface area contributed by atoms with Gasteiger partial charge in [0.25, 0.3) is 0 Å². The maximum atomic E-state index is 5.89. The molecule has 0 atom stereocenters. The molecule has 0 aliphatic carbocycles. The Kier molecular flexibility index (Phi) is 3.41. The third-order valence-electron chi connectivity index (χ3n) is 3.22. The number of rotatable bonds is 1. The first-order valence-electron chi connectivity index (χ1n) is 6.01. The standard InChI is InChI=1S/C13H12BrClN4/c1-8-5-17-13(15)18-12(8)19-3-2-11-9(7-19)4-10(14)6-16-11/h4-6H,2-3,7H2,1H3. The van der Waals surface area contributed by atoms with Crippen molar-refractivity contribution in [1.29, 1.82) is 0 Å². The van der Waals surface area contributed by atoms with E-state index < -0.39 is 0 Å². The second-order valence-corrected chi connectivity index (χ2v) is 5.83. The topological polar surface area (TPSA) is 41.9 Å². The molecule has 3 heterocycles. The molecule has 2 aromatic rings. The van der Waals surface area contributed by atoms with Crippen LogP contribution in [0.25, 0.3) is 0 Å². The molecule has 6 heteroatoms. The quantitative estimate of drug-likeness (QED) is 0.749. The average molecular weight is 340 g/mol. The summed E-state index contributed by atoms with van der Waals surface area (Å²) < 4.78 is 1.01. The number of anilines is 1. The molecule has 0 N–H and O–H groups in total. The van der Waals surface area contributed by atoms with Crippen molar-refractivity contribution in [3.8, 4) is 0 Å². The molecule has 0 fully saturated rings. The predicted octanol–water partition coefficient (Wildman–Crippen LogP) is 3.16. The lowest BCUT2D eigenvalue weighted by molar-refractivity contribution is 0.698. The van der Waals surface area contributed by atoms with Crippen LogP contribution in [-0.4, -0.2) is 21.5 Å². The molecule has 1 aliphatic rings. The van der Waals surface area contributed by atoms with Crippen molar-refractivity contribution < 1.29 is 0 Å². The van der Waals surface area contributed by atoms with E-state index in [1.807, 2.05) is 13.1 Å². The minimum Gasteiger partial charge on any atom is -0.351 e. The lowest BCUT2D eigenvalue weighted by atomic mass is 10.1. The number of halogens is 2. The molecule has 3 rings (SSSR count). The van der Waals surface area contributed by atoms with Crippen molar-refractivity contribution in [3.63, 3.8) is 0 Å². The fraction of sp³-hybridized carbons (Fsp3) is 0.308. The van der Waals surface area contributed by atoms with Crippen LogP contribution in [0.1, 0.15) is 16.8 Å². The Morgan fingerprint density at radius 1 is 1.32 bits per heavy atom. The van der Waals surface area contributed by atoms with Gasteiger partial charge in [-0.15, -0.1) is 0 Å². The molecule has 0 radical (unpaired) electrons. The number of hydrogen-bond donors (Lipinski definition) is 0. The van der Waals surface area contributed by atoms with Crippen LogP contribution in [0.4, 0.5) is 5.82 Å². The van der Waals surface area contributed by atoms with Crippen molar-refractivity contribution in [3.05, 3.63) is 45.0 Å². The normalized spacial score (nSPS) is 14.4. The van der Waals surface area contributed by atoms with Gasteiger partial charge in [-0.05, 0) is 46.1 Å². The van der Waals surface area contributed by atoms with Gasteiger partial charge in [0.1, 0.15) is 5.82 Å². The Labute approximate surface area is 125 Å². The summed E-state index contributed by atoms with van der Waals surface area (Å²) >= 11 is 9.36. The summed E-state index contributed by atoms with van der Waals surface area (Å²) in [4.78, 5) is 15.0. The molecule has 0 saturated heterocycles. The fourth-order valence-electron chi connectivity index (χ4n) is 2.31. The van der Waals surface area contributed by atoms with Crippen LogP contribution in [0.2, 0.25) is 5.28 Å². The Hall–Kier alpha value is -1.20. The van der Waals surface area contributed by atoms with Gasteiger partial charge in [-0.1, -0.05) is 0 Å². The predicted molar refractivity (Wildman–Crippen MR) is 78.5 cm³/mol. The van der Waals surface area contributed by atoms with E-state index in [0.717, 1.165) is 41.1 Å². The van der Waals surface area contributed by atoms with Crippen molar-refractivity contribution in [2.75, 3.05) is 11.4 Å². The smallest absolute Gasteiger partial charge is 0.224 e. The second-order valence-electron chi connectivity index (χ2n) is 4.58. The molecule has 2 aromatic heterocycles. The number of aryl methyl sites for hydroxylation is 1. The highest BCUT2D eigenvalue weighted by Crippen LogP contribution is 2.26. The van der Waals surface area contributed by atoms with Gasteiger partial charge >= 0.3 is 0 Å². The van der Waals surface area contributed by atoms with Crippen LogP contribution < -0.4 is 4.90 Å². The maximum absolute atomic E-state index is 5.89. The number of nitrogens with zero attached hydrogens (tertiary/aromatic N) is 4. The van der Waals surface area contributed by atoms with Crippen LogP contribution >= 0.6 is 27.5 Å². The summed E-state index contributed by atoms with van der Waals surface area (Å²) in [5.74, 6) is 0.908. The summed E-state index contributed by atoms with van der Waals surface area (Å²) in [6.45, 7) is 3.70. The van der Waals surface area contributed by atoms with Crippen LogP contribution in [0, 0.1) is 6.92 Å². The summed E-state index contributed by atoms with van der Waals surface area (Å²) in [6.07, 6.45) is 4.53. The highest BCUT2D eigenvalue weighted by Gasteiger charge is 2.20. The Bertz CT molecular complexity index is 632. The third-order valence-corrected chi connectivity index (χ3v) is 3.84. The molecule has 0 saturated carbocycles. The number of fused-ring (bicyclic) bond motifs is 1. The molecule has 19 heavy (non-hydrogen) atoms. The molecule has 98 valence electrons. The Balaban J connectivity index is 1.95. The number of aromatic nitrogens is 3. The summed E-state index contributed by atoms with van der Waals surface area (Å²) in [5.41, 5.74) is 3.43. The van der Waals surface area contributed by atoms with E-state index >= 15 is 0 Å². The Morgan fingerprint density at radius 3 is 3.00 bits per heavy atom. The monoisotopic (exact) mass is 338 g/mol. The van der Waals surface area contributed by atoms with E-state index in [-0.39, 0.29) is 0 Å². The first-order chi connectivity index (χ1) is 9.13. The molecule has 0 bridgehead atoms. The van der Waals surface area contributed by atoms with Crippen molar-refractivity contribution in [1.82, 2.24) is 15.0 Å². The van der Waals surface area contributed by atoms with E-state index in [4.69, 9.17) is 11.6 Å². The zero-order valence-electron chi connectivity index (χ0n) is 10.4. The maximum Gasteiger partial charge on any atom is 0.224 e. The second kappa shape index (κ2) is 5.06. The Morgan fingerprint density at radius 2 is 2.16 bits per heavy atom. The zero-order valence-corrected chi connectivity index (χ0v) is 12.7. The van der Waals surface area contributed by atoms with E-state index in [9.17, 15) is 0 Å². The molecule has 0 amide bonds. The molecular weight excluding hydrogens is 328 g/mol. The largest absolute Gasteiger partial charge is 0.351 e. The van der Waals surface area contributed by atoms with E-state index in [1.54, 1.807) is 6.20 Å². The van der Waals surface area contributed by atoms with Crippen LogP contribution in [0.3, 0.4) is 0 Å². The van der Waals surface area contributed by atoms with Gasteiger partial charge in [0, 0.05) is 47.6 Å². The SMILES string of the molecule is Cc1cnc(Cl)nc1N1CCc2ncc(Br)cc2C1. The molecule has 0 spiro atoms. The highest BCUT2D eigenvalue weighted by atomic mass is 79.9. The van der Waals surface area contributed by atoms with Gasteiger partial charge < -0.3 is 4.90 Å². The lowest BCUT2D eigenvalue weighted by Crippen LogP contribution is -2.32. The van der Waals surface area contributed by atoms with Crippen molar-refractivity contribution >= 4 is 33.3 Å². The highest BCUT2D eigenvalue weighted by molar-refractivity contribution is 9.10. The van der Waals surface area contributed by atoms with Crippen LogP contribution in [0.15, 0.2) is 22.9 Å². The van der Waals surface area contributed by atoms with Gasteiger partial charge in [-0.2, -0.15) is 0 Å². The van der Waals surface area contributed by atoms with E-state index in [0.29, 0.717) is 5.28 Å². The molecular formula is C13H12BrClN4. The van der Waals surface area contributed by atoms with Crippen LogP contribution in [0.5, 0.6) is 0 Å².